The molecule has 126 valence electrons. The van der Waals surface area contributed by atoms with Gasteiger partial charge in [0, 0.05) is 28.7 Å². The predicted octanol–water partition coefficient (Wildman–Crippen LogP) is 3.25. The Bertz CT molecular complexity index is 1110. The molecule has 0 unspecified atom stereocenters. The zero-order valence-corrected chi connectivity index (χ0v) is 15.5. The first-order chi connectivity index (χ1) is 12.0. The summed E-state index contributed by atoms with van der Waals surface area (Å²) in [5, 5.41) is 1.14. The number of carbonyl (C=O) groups excluding carboxylic acids is 1. The van der Waals surface area contributed by atoms with Gasteiger partial charge in [0.2, 0.25) is 0 Å². The number of nitrogens with zero attached hydrogens (tertiary/aromatic N) is 1. The van der Waals surface area contributed by atoms with Crippen LogP contribution in [0.25, 0.3) is 12.2 Å². The van der Waals surface area contributed by atoms with Crippen molar-refractivity contribution in [1.29, 1.82) is 0 Å². The summed E-state index contributed by atoms with van der Waals surface area (Å²) < 4.78 is 2.55. The Balaban J connectivity index is 2.07. The van der Waals surface area contributed by atoms with E-state index in [4.69, 9.17) is 23.2 Å². The maximum atomic E-state index is 12.4. The van der Waals surface area contributed by atoms with Gasteiger partial charge in [0.05, 0.1) is 4.53 Å². The Morgan fingerprint density at radius 3 is 2.44 bits per heavy atom. The molecule has 0 aliphatic carbocycles. The fourth-order valence-corrected chi connectivity index (χ4v) is 3.59. The number of ketones is 1. The van der Waals surface area contributed by atoms with E-state index < -0.39 is 0 Å². The maximum Gasteiger partial charge on any atom is 0.268 e. The highest BCUT2D eigenvalue weighted by Crippen LogP contribution is 2.15. The van der Waals surface area contributed by atoms with Crippen LogP contribution in [0.4, 0.5) is 0 Å². The van der Waals surface area contributed by atoms with Crippen molar-refractivity contribution in [2.75, 3.05) is 0 Å². The molecule has 2 aromatic carbocycles. The van der Waals surface area contributed by atoms with Gasteiger partial charge >= 0.3 is 0 Å². The number of thiazole rings is 1. The number of Topliss-reactive ketones (excluding diaryl/α,β-unsaturated/α-hetero) is 1. The average molecular weight is 390 g/mol. The van der Waals surface area contributed by atoms with Crippen LogP contribution in [0, 0.1) is 0 Å². The van der Waals surface area contributed by atoms with Gasteiger partial charge in [-0.3, -0.25) is 9.59 Å². The average Bonchev–Trinajstić information content (AvgIpc) is 2.85. The molecule has 0 saturated heterocycles. The van der Waals surface area contributed by atoms with Gasteiger partial charge in [-0.1, -0.05) is 41.4 Å². The number of aromatic nitrogens is 1. The van der Waals surface area contributed by atoms with Crippen LogP contribution in [0.3, 0.4) is 0 Å². The highest BCUT2D eigenvalue weighted by molar-refractivity contribution is 7.07. The predicted molar refractivity (Wildman–Crippen MR) is 104 cm³/mol. The van der Waals surface area contributed by atoms with Gasteiger partial charge in [0.1, 0.15) is 4.66 Å². The van der Waals surface area contributed by atoms with Crippen LogP contribution < -0.4 is 14.8 Å². The maximum absolute atomic E-state index is 12.4. The van der Waals surface area contributed by atoms with Gasteiger partial charge < -0.3 is 4.57 Å². The van der Waals surface area contributed by atoms with Gasteiger partial charge in [-0.15, -0.1) is 11.3 Å². The van der Waals surface area contributed by atoms with E-state index in [2.05, 4.69) is 0 Å². The largest absolute Gasteiger partial charge is 0.302 e. The first kappa shape index (κ1) is 17.7. The molecule has 0 aliphatic rings. The molecule has 3 aromatic rings. The topological polar surface area (TPSA) is 39.1 Å². The van der Waals surface area contributed by atoms with Crippen molar-refractivity contribution in [1.82, 2.24) is 4.57 Å². The Hall–Kier alpha value is -2.14. The van der Waals surface area contributed by atoms with E-state index in [1.54, 1.807) is 43.5 Å². The molecule has 0 spiro atoms. The summed E-state index contributed by atoms with van der Waals surface area (Å²) in [5.74, 6) is -0.183. The lowest BCUT2D eigenvalue weighted by Crippen LogP contribution is -2.29. The van der Waals surface area contributed by atoms with Crippen LogP contribution in [0.1, 0.15) is 15.9 Å². The summed E-state index contributed by atoms with van der Waals surface area (Å²) in [4.78, 5) is 24.8. The molecule has 0 aliphatic heterocycles. The zero-order valence-electron chi connectivity index (χ0n) is 13.2. The van der Waals surface area contributed by atoms with Crippen molar-refractivity contribution in [3.8, 4) is 0 Å². The van der Waals surface area contributed by atoms with Crippen molar-refractivity contribution >= 4 is 52.5 Å². The Kier molecular flexibility index (Phi) is 5.23. The normalized spacial score (nSPS) is 12.6. The lowest BCUT2D eigenvalue weighted by Gasteiger charge is -1.95. The van der Waals surface area contributed by atoms with Crippen LogP contribution in [-0.2, 0) is 7.05 Å². The lowest BCUT2D eigenvalue weighted by atomic mass is 10.1. The summed E-state index contributed by atoms with van der Waals surface area (Å²) in [6, 6.07) is 13.9. The van der Waals surface area contributed by atoms with E-state index in [9.17, 15) is 9.59 Å². The second-order valence-electron chi connectivity index (χ2n) is 5.35. The molecule has 0 N–H and O–H groups in total. The fraction of sp³-hybridized carbons (Fsp3) is 0.0526. The molecule has 0 atom stereocenters. The summed E-state index contributed by atoms with van der Waals surface area (Å²) in [6.45, 7) is 0. The van der Waals surface area contributed by atoms with Crippen molar-refractivity contribution < 1.29 is 4.79 Å². The number of hydrogen-bond donors (Lipinski definition) is 0. The second-order valence-corrected chi connectivity index (χ2v) is 7.26. The Morgan fingerprint density at radius 2 is 1.76 bits per heavy atom. The van der Waals surface area contributed by atoms with Gasteiger partial charge in [-0.2, -0.15) is 0 Å². The summed E-state index contributed by atoms with van der Waals surface area (Å²) >= 11 is 13.2. The Morgan fingerprint density at radius 1 is 1.08 bits per heavy atom. The highest BCUT2D eigenvalue weighted by Gasteiger charge is 2.06. The highest BCUT2D eigenvalue weighted by atomic mass is 35.5. The molecule has 0 radical (unpaired) electrons. The first-order valence-electron chi connectivity index (χ1n) is 7.39. The van der Waals surface area contributed by atoms with E-state index in [1.165, 1.54) is 22.0 Å². The van der Waals surface area contributed by atoms with Crippen LogP contribution in [-0.4, -0.2) is 10.4 Å². The number of hydrogen-bond acceptors (Lipinski definition) is 3. The third-order valence-corrected chi connectivity index (χ3v) is 5.35. The first-order valence-corrected chi connectivity index (χ1v) is 8.96. The quantitative estimate of drug-likeness (QED) is 0.644. The van der Waals surface area contributed by atoms with Gasteiger partial charge in [0.25, 0.3) is 5.56 Å². The summed E-state index contributed by atoms with van der Waals surface area (Å²) in [7, 11) is 1.64. The van der Waals surface area contributed by atoms with Crippen molar-refractivity contribution in [2.24, 2.45) is 7.05 Å². The third kappa shape index (κ3) is 3.93. The monoisotopic (exact) mass is 389 g/mol. The molecule has 1 aromatic heterocycles. The minimum atomic E-state index is -0.183. The zero-order chi connectivity index (χ0) is 18.0. The van der Waals surface area contributed by atoms with E-state index in [1.807, 2.05) is 18.2 Å². The Labute approximate surface area is 158 Å². The molecular weight excluding hydrogens is 377 g/mol. The molecule has 6 heteroatoms. The smallest absolute Gasteiger partial charge is 0.268 e. The molecule has 0 saturated carbocycles. The minimum Gasteiger partial charge on any atom is -0.302 e. The van der Waals surface area contributed by atoms with E-state index in [0.717, 1.165) is 5.56 Å². The summed E-state index contributed by atoms with van der Waals surface area (Å²) in [6.07, 6.45) is 3.19. The molecule has 3 rings (SSSR count). The van der Waals surface area contributed by atoms with Crippen molar-refractivity contribution in [3.05, 3.63) is 89.3 Å². The fourth-order valence-electron chi connectivity index (χ4n) is 2.25. The molecule has 25 heavy (non-hydrogen) atoms. The third-order valence-electron chi connectivity index (χ3n) is 3.64. The van der Waals surface area contributed by atoms with Crippen molar-refractivity contribution in [3.63, 3.8) is 0 Å². The summed E-state index contributed by atoms with van der Waals surface area (Å²) in [5.41, 5.74) is 1.11. The molecular formula is C19H13Cl2NO2S. The number of carbonyl (C=O) groups is 1. The van der Waals surface area contributed by atoms with E-state index >= 15 is 0 Å². The number of benzene rings is 2. The number of halogens is 2. The van der Waals surface area contributed by atoms with Crippen LogP contribution in [0.2, 0.25) is 10.0 Å². The lowest BCUT2D eigenvalue weighted by molar-refractivity contribution is 0.106. The molecule has 0 bridgehead atoms. The van der Waals surface area contributed by atoms with Crippen molar-refractivity contribution in [2.45, 2.75) is 0 Å². The van der Waals surface area contributed by atoms with Crippen LogP contribution >= 0.6 is 34.5 Å². The SMILES string of the molecule is Cn1c(=O)/c(=C\c2ccccc2Cl)s/c1=C\C(=O)c1ccc(Cl)cc1. The molecule has 1 heterocycles. The second kappa shape index (κ2) is 7.40. The molecule has 0 amide bonds. The van der Waals surface area contributed by atoms with Crippen LogP contribution in [0.5, 0.6) is 0 Å². The van der Waals surface area contributed by atoms with E-state index in [0.29, 0.717) is 24.8 Å². The molecule has 0 fully saturated rings. The molecule has 3 nitrogen and oxygen atoms in total. The standard InChI is InChI=1S/C19H13Cl2NO2S/c1-22-18(11-16(23)12-6-8-14(20)9-7-12)25-17(19(22)24)10-13-4-2-3-5-15(13)21/h2-11H,1H3/b17-10+,18-11-. The van der Waals surface area contributed by atoms with Gasteiger partial charge in [-0.25, -0.2) is 0 Å². The minimum absolute atomic E-state index is 0.167. The van der Waals surface area contributed by atoms with Gasteiger partial charge in [-0.05, 0) is 42.0 Å². The van der Waals surface area contributed by atoms with Crippen LogP contribution in [0.15, 0.2) is 53.3 Å². The van der Waals surface area contributed by atoms with Gasteiger partial charge in [0.15, 0.2) is 5.78 Å². The van der Waals surface area contributed by atoms with E-state index in [-0.39, 0.29) is 11.3 Å². The number of rotatable bonds is 3.